The Morgan fingerprint density at radius 2 is 2.12 bits per heavy atom. The first-order chi connectivity index (χ1) is 8.25. The molecule has 3 rings (SSSR count). The van der Waals surface area contributed by atoms with Gasteiger partial charge >= 0.3 is 0 Å². The van der Waals surface area contributed by atoms with E-state index in [1.165, 1.54) is 18.9 Å². The van der Waals surface area contributed by atoms with Gasteiger partial charge in [0.25, 0.3) is 0 Å². The van der Waals surface area contributed by atoms with E-state index in [0.717, 1.165) is 12.8 Å². The molecule has 1 aliphatic heterocycles. The lowest BCUT2D eigenvalue weighted by molar-refractivity contribution is 0.314. The number of hydrogen-bond acceptors (Lipinski definition) is 2. The second-order valence-electron chi connectivity index (χ2n) is 4.76. The van der Waals surface area contributed by atoms with E-state index in [-0.39, 0.29) is 11.9 Å². The van der Waals surface area contributed by atoms with E-state index in [9.17, 15) is 4.39 Å². The van der Waals surface area contributed by atoms with E-state index in [1.54, 1.807) is 6.07 Å². The fourth-order valence-electron chi connectivity index (χ4n) is 2.33. The number of ether oxygens (including phenoxy) is 1. The number of rotatable bonds is 2. The number of halogens is 2. The van der Waals surface area contributed by atoms with Gasteiger partial charge in [-0.25, -0.2) is 4.39 Å². The van der Waals surface area contributed by atoms with Gasteiger partial charge in [-0.3, -0.25) is 0 Å². The zero-order valence-corrected chi connectivity index (χ0v) is 10.3. The molecule has 1 heterocycles. The Labute approximate surface area is 105 Å². The Balaban J connectivity index is 1.99. The van der Waals surface area contributed by atoms with Gasteiger partial charge in [0.15, 0.2) is 0 Å². The maximum absolute atomic E-state index is 14.0. The Morgan fingerprint density at radius 3 is 2.88 bits per heavy atom. The third-order valence-corrected chi connectivity index (χ3v) is 3.64. The summed E-state index contributed by atoms with van der Waals surface area (Å²) in [6.45, 7) is 0.610. The average molecular weight is 256 g/mol. The van der Waals surface area contributed by atoms with E-state index in [1.807, 2.05) is 0 Å². The van der Waals surface area contributed by atoms with Crippen molar-refractivity contribution in [3.8, 4) is 5.75 Å². The first-order valence-corrected chi connectivity index (χ1v) is 6.50. The van der Waals surface area contributed by atoms with Gasteiger partial charge in [-0.05, 0) is 37.8 Å². The van der Waals surface area contributed by atoms with Crippen molar-refractivity contribution in [1.29, 1.82) is 0 Å². The van der Waals surface area contributed by atoms with Crippen molar-refractivity contribution in [2.75, 3.05) is 6.61 Å². The fraction of sp³-hybridized carbons (Fsp3) is 0.538. The standard InChI is InChI=1S/C13H15ClFNO/c14-9-5-6-10(15)12-11(16-8-3-4-8)2-1-7-17-13(9)12/h5-6,8,11,16H,1-4,7H2. The average Bonchev–Trinajstić information content (AvgIpc) is 3.12. The largest absolute Gasteiger partial charge is 0.492 e. The van der Waals surface area contributed by atoms with Crippen molar-refractivity contribution in [3.63, 3.8) is 0 Å². The first-order valence-electron chi connectivity index (χ1n) is 6.12. The summed E-state index contributed by atoms with van der Waals surface area (Å²) >= 11 is 6.08. The molecule has 0 saturated heterocycles. The van der Waals surface area contributed by atoms with Crippen LogP contribution in [0.5, 0.6) is 5.75 Å². The van der Waals surface area contributed by atoms with Crippen LogP contribution in [0, 0.1) is 5.82 Å². The highest BCUT2D eigenvalue weighted by atomic mass is 35.5. The summed E-state index contributed by atoms with van der Waals surface area (Å²) < 4.78 is 19.6. The molecule has 0 spiro atoms. The maximum atomic E-state index is 14.0. The van der Waals surface area contributed by atoms with Gasteiger partial charge in [0.2, 0.25) is 0 Å². The summed E-state index contributed by atoms with van der Waals surface area (Å²) in [5.74, 6) is 0.312. The molecule has 1 N–H and O–H groups in total. The summed E-state index contributed by atoms with van der Waals surface area (Å²) in [6.07, 6.45) is 4.21. The highest BCUT2D eigenvalue weighted by Crippen LogP contribution is 2.40. The summed E-state index contributed by atoms with van der Waals surface area (Å²) in [4.78, 5) is 0. The zero-order valence-electron chi connectivity index (χ0n) is 9.51. The number of hydrogen-bond donors (Lipinski definition) is 1. The molecular formula is C13H15ClFNO. The minimum Gasteiger partial charge on any atom is -0.492 e. The van der Waals surface area contributed by atoms with Gasteiger partial charge in [0, 0.05) is 17.6 Å². The topological polar surface area (TPSA) is 21.3 Å². The number of fused-ring (bicyclic) bond motifs is 1. The van der Waals surface area contributed by atoms with Crippen LogP contribution in [0.2, 0.25) is 5.02 Å². The monoisotopic (exact) mass is 255 g/mol. The van der Waals surface area contributed by atoms with Crippen LogP contribution in [-0.4, -0.2) is 12.6 Å². The highest BCUT2D eigenvalue weighted by Gasteiger charge is 2.30. The SMILES string of the molecule is Fc1ccc(Cl)c2c1C(NC1CC1)CCCO2. The van der Waals surface area contributed by atoms with Crippen molar-refractivity contribution in [2.24, 2.45) is 0 Å². The Morgan fingerprint density at radius 1 is 1.29 bits per heavy atom. The Hall–Kier alpha value is -0.800. The molecule has 2 aliphatic rings. The van der Waals surface area contributed by atoms with Crippen molar-refractivity contribution in [2.45, 2.75) is 37.8 Å². The van der Waals surface area contributed by atoms with Crippen LogP contribution < -0.4 is 10.1 Å². The molecule has 1 aromatic rings. The molecule has 92 valence electrons. The maximum Gasteiger partial charge on any atom is 0.145 e. The number of benzene rings is 1. The second-order valence-corrected chi connectivity index (χ2v) is 5.16. The van der Waals surface area contributed by atoms with Gasteiger partial charge in [0.05, 0.1) is 11.6 Å². The van der Waals surface area contributed by atoms with Crippen LogP contribution in [0.4, 0.5) is 4.39 Å². The first kappa shape index (κ1) is 11.3. The summed E-state index contributed by atoms with van der Waals surface area (Å²) in [6, 6.07) is 3.58. The molecule has 1 atom stereocenters. The lowest BCUT2D eigenvalue weighted by atomic mass is 10.0. The van der Waals surface area contributed by atoms with E-state index in [0.29, 0.717) is 29.0 Å². The van der Waals surface area contributed by atoms with Gasteiger partial charge in [-0.1, -0.05) is 11.6 Å². The molecule has 1 aromatic carbocycles. The molecule has 0 amide bonds. The quantitative estimate of drug-likeness (QED) is 0.874. The zero-order chi connectivity index (χ0) is 11.8. The Bertz CT molecular complexity index is 434. The molecule has 1 fully saturated rings. The molecule has 0 radical (unpaired) electrons. The third kappa shape index (κ3) is 2.26. The normalized spacial score (nSPS) is 23.8. The van der Waals surface area contributed by atoms with Crippen molar-refractivity contribution < 1.29 is 9.13 Å². The molecule has 1 aliphatic carbocycles. The molecule has 17 heavy (non-hydrogen) atoms. The van der Waals surface area contributed by atoms with Gasteiger partial charge in [0.1, 0.15) is 11.6 Å². The minimum atomic E-state index is -0.218. The number of nitrogens with one attached hydrogen (secondary N) is 1. The lowest BCUT2D eigenvalue weighted by Gasteiger charge is -2.19. The molecule has 0 bridgehead atoms. The molecule has 2 nitrogen and oxygen atoms in total. The van der Waals surface area contributed by atoms with Crippen LogP contribution in [0.3, 0.4) is 0 Å². The molecule has 4 heteroatoms. The van der Waals surface area contributed by atoms with Crippen LogP contribution >= 0.6 is 11.6 Å². The highest BCUT2D eigenvalue weighted by molar-refractivity contribution is 6.32. The van der Waals surface area contributed by atoms with E-state index in [4.69, 9.17) is 16.3 Å². The van der Waals surface area contributed by atoms with Crippen LogP contribution in [0.1, 0.15) is 37.3 Å². The van der Waals surface area contributed by atoms with Crippen LogP contribution in [-0.2, 0) is 0 Å². The second kappa shape index (κ2) is 4.46. The molecule has 1 saturated carbocycles. The Kier molecular flexibility index (Phi) is 2.97. The van der Waals surface area contributed by atoms with Crippen molar-refractivity contribution in [3.05, 3.63) is 28.5 Å². The molecular weight excluding hydrogens is 241 g/mol. The van der Waals surface area contributed by atoms with Crippen molar-refractivity contribution in [1.82, 2.24) is 5.32 Å². The minimum absolute atomic E-state index is 0.0405. The van der Waals surface area contributed by atoms with Gasteiger partial charge < -0.3 is 10.1 Å². The summed E-state index contributed by atoms with van der Waals surface area (Å²) in [5.41, 5.74) is 0.613. The van der Waals surface area contributed by atoms with Crippen LogP contribution in [0.25, 0.3) is 0 Å². The van der Waals surface area contributed by atoms with Gasteiger partial charge in [-0.2, -0.15) is 0 Å². The predicted octanol–water partition coefficient (Wildman–Crippen LogP) is 3.44. The molecule has 0 aromatic heterocycles. The summed E-state index contributed by atoms with van der Waals surface area (Å²) in [5, 5.41) is 3.98. The fourth-order valence-corrected chi connectivity index (χ4v) is 2.55. The van der Waals surface area contributed by atoms with E-state index >= 15 is 0 Å². The van der Waals surface area contributed by atoms with E-state index < -0.39 is 0 Å². The predicted molar refractivity (Wildman–Crippen MR) is 65.0 cm³/mol. The summed E-state index contributed by atoms with van der Waals surface area (Å²) in [7, 11) is 0. The third-order valence-electron chi connectivity index (χ3n) is 3.34. The van der Waals surface area contributed by atoms with Gasteiger partial charge in [-0.15, -0.1) is 0 Å². The van der Waals surface area contributed by atoms with Crippen LogP contribution in [0.15, 0.2) is 12.1 Å². The van der Waals surface area contributed by atoms with E-state index in [2.05, 4.69) is 5.32 Å². The smallest absolute Gasteiger partial charge is 0.145 e. The lowest BCUT2D eigenvalue weighted by Crippen LogP contribution is -2.24. The molecule has 1 unspecified atom stereocenters. The van der Waals surface area contributed by atoms with Crippen molar-refractivity contribution >= 4 is 11.6 Å².